The van der Waals surface area contributed by atoms with E-state index < -0.39 is 0 Å². The van der Waals surface area contributed by atoms with E-state index in [1.165, 1.54) is 27.9 Å². The Morgan fingerprint density at radius 1 is 1.38 bits per heavy atom. The summed E-state index contributed by atoms with van der Waals surface area (Å²) in [7, 11) is 0. The summed E-state index contributed by atoms with van der Waals surface area (Å²) in [6.07, 6.45) is 1.24. The fraction of sp³-hybridized carbons (Fsp3) is 0.647. The van der Waals surface area contributed by atoms with Crippen molar-refractivity contribution in [2.45, 2.75) is 44.9 Å². The summed E-state index contributed by atoms with van der Waals surface area (Å²) < 4.78 is 1.56. The summed E-state index contributed by atoms with van der Waals surface area (Å²) in [5.74, 6) is 1.20. The number of halogens is 1. The minimum Gasteiger partial charge on any atom is -0.370 e. The van der Waals surface area contributed by atoms with Crippen molar-refractivity contribution in [3.05, 3.63) is 28.2 Å². The third kappa shape index (κ3) is 4.64. The SMILES string of the molecule is CCNC(C)c1ccc(Br)cc1N1CCSC(C)(C)CC1. The van der Waals surface area contributed by atoms with Crippen molar-refractivity contribution in [1.29, 1.82) is 0 Å². The second-order valence-electron chi connectivity index (χ2n) is 6.33. The highest BCUT2D eigenvalue weighted by Gasteiger charge is 2.25. The number of hydrogen-bond acceptors (Lipinski definition) is 3. The number of nitrogens with zero attached hydrogens (tertiary/aromatic N) is 1. The number of thioether (sulfide) groups is 1. The van der Waals surface area contributed by atoms with Crippen LogP contribution in [-0.2, 0) is 0 Å². The van der Waals surface area contributed by atoms with E-state index in [9.17, 15) is 0 Å². The normalized spacial score (nSPS) is 20.1. The van der Waals surface area contributed by atoms with Gasteiger partial charge in [0.15, 0.2) is 0 Å². The lowest BCUT2D eigenvalue weighted by Crippen LogP contribution is -2.29. The van der Waals surface area contributed by atoms with Crippen LogP contribution in [0.1, 0.15) is 45.7 Å². The van der Waals surface area contributed by atoms with Crippen LogP contribution in [-0.4, -0.2) is 30.1 Å². The van der Waals surface area contributed by atoms with Gasteiger partial charge >= 0.3 is 0 Å². The van der Waals surface area contributed by atoms with E-state index in [0.29, 0.717) is 10.8 Å². The average molecular weight is 371 g/mol. The predicted molar refractivity (Wildman–Crippen MR) is 99.6 cm³/mol. The summed E-state index contributed by atoms with van der Waals surface area (Å²) in [6, 6.07) is 7.09. The van der Waals surface area contributed by atoms with Gasteiger partial charge in [-0.05, 0) is 37.6 Å². The lowest BCUT2D eigenvalue weighted by Gasteiger charge is -2.28. The van der Waals surface area contributed by atoms with Gasteiger partial charge in [0.2, 0.25) is 0 Å². The summed E-state index contributed by atoms with van der Waals surface area (Å²) in [5, 5.41) is 3.55. The molecule has 1 fully saturated rings. The molecular formula is C17H27BrN2S. The van der Waals surface area contributed by atoms with E-state index in [1.54, 1.807) is 0 Å². The van der Waals surface area contributed by atoms with Crippen LogP contribution in [0.3, 0.4) is 0 Å². The first-order valence-electron chi connectivity index (χ1n) is 7.84. The zero-order valence-electron chi connectivity index (χ0n) is 13.6. The van der Waals surface area contributed by atoms with Gasteiger partial charge in [0.1, 0.15) is 0 Å². The maximum Gasteiger partial charge on any atom is 0.0426 e. The predicted octanol–water partition coefficient (Wildman–Crippen LogP) is 4.84. The van der Waals surface area contributed by atoms with E-state index in [2.05, 4.69) is 83.8 Å². The van der Waals surface area contributed by atoms with Gasteiger partial charge in [-0.2, -0.15) is 11.8 Å². The summed E-state index contributed by atoms with van der Waals surface area (Å²) in [5.41, 5.74) is 2.79. The van der Waals surface area contributed by atoms with Crippen LogP contribution >= 0.6 is 27.7 Å². The highest BCUT2D eigenvalue weighted by molar-refractivity contribution is 9.10. The fourth-order valence-corrected chi connectivity index (χ4v) is 4.28. The van der Waals surface area contributed by atoms with Gasteiger partial charge in [-0.25, -0.2) is 0 Å². The minimum absolute atomic E-state index is 0.391. The zero-order chi connectivity index (χ0) is 15.5. The Morgan fingerprint density at radius 2 is 2.14 bits per heavy atom. The summed E-state index contributed by atoms with van der Waals surface area (Å²) in [4.78, 5) is 2.57. The molecule has 0 amide bonds. The fourth-order valence-electron chi connectivity index (χ4n) is 2.83. The number of benzene rings is 1. The first-order valence-corrected chi connectivity index (χ1v) is 9.62. The van der Waals surface area contributed by atoms with E-state index in [4.69, 9.17) is 0 Å². The van der Waals surface area contributed by atoms with Crippen LogP contribution in [0, 0.1) is 0 Å². The molecule has 0 saturated carbocycles. The monoisotopic (exact) mass is 370 g/mol. The van der Waals surface area contributed by atoms with Gasteiger partial charge in [-0.15, -0.1) is 0 Å². The molecule has 1 aromatic carbocycles. The molecule has 0 radical (unpaired) electrons. The molecule has 1 saturated heterocycles. The summed E-state index contributed by atoms with van der Waals surface area (Å²) in [6.45, 7) is 12.4. The Labute approximate surface area is 142 Å². The van der Waals surface area contributed by atoms with Gasteiger partial charge in [0, 0.05) is 39.8 Å². The number of rotatable bonds is 4. The number of hydrogen-bond donors (Lipinski definition) is 1. The second-order valence-corrected chi connectivity index (χ2v) is 9.05. The zero-order valence-corrected chi connectivity index (χ0v) is 16.0. The molecule has 0 bridgehead atoms. The van der Waals surface area contributed by atoms with E-state index >= 15 is 0 Å². The molecule has 4 heteroatoms. The molecule has 118 valence electrons. The average Bonchev–Trinajstić information content (AvgIpc) is 2.60. The van der Waals surface area contributed by atoms with Crippen molar-refractivity contribution in [2.75, 3.05) is 30.3 Å². The van der Waals surface area contributed by atoms with Crippen LogP contribution in [0.4, 0.5) is 5.69 Å². The first kappa shape index (κ1) is 17.2. The third-order valence-corrected chi connectivity index (χ3v) is 6.01. The molecule has 2 nitrogen and oxygen atoms in total. The highest BCUT2D eigenvalue weighted by Crippen LogP contribution is 2.35. The maximum atomic E-state index is 3.64. The standard InChI is InChI=1S/C17H27BrN2S/c1-5-19-13(2)15-7-6-14(18)12-16(15)20-9-8-17(3,4)21-11-10-20/h6-7,12-13,19H,5,8-11H2,1-4H3. The van der Waals surface area contributed by atoms with E-state index in [0.717, 1.165) is 19.6 Å². The quantitative estimate of drug-likeness (QED) is 0.815. The van der Waals surface area contributed by atoms with Crippen LogP contribution in [0.25, 0.3) is 0 Å². The third-order valence-electron chi connectivity index (χ3n) is 4.15. The van der Waals surface area contributed by atoms with Crippen LogP contribution in [0.2, 0.25) is 0 Å². The molecule has 2 rings (SSSR count). The highest BCUT2D eigenvalue weighted by atomic mass is 79.9. The molecule has 1 heterocycles. The molecule has 0 spiro atoms. The van der Waals surface area contributed by atoms with Gasteiger partial charge in [-0.3, -0.25) is 0 Å². The number of nitrogens with one attached hydrogen (secondary N) is 1. The van der Waals surface area contributed by atoms with Crippen molar-refractivity contribution in [3.8, 4) is 0 Å². The van der Waals surface area contributed by atoms with Gasteiger partial charge in [0.05, 0.1) is 0 Å². The molecule has 21 heavy (non-hydrogen) atoms. The lowest BCUT2D eigenvalue weighted by atomic mass is 10.0. The van der Waals surface area contributed by atoms with Crippen molar-refractivity contribution < 1.29 is 0 Å². The molecular weight excluding hydrogens is 344 g/mol. The molecule has 0 aromatic heterocycles. The Hall–Kier alpha value is -0.190. The smallest absolute Gasteiger partial charge is 0.0426 e. The van der Waals surface area contributed by atoms with Crippen molar-refractivity contribution >= 4 is 33.4 Å². The molecule has 1 aromatic rings. The van der Waals surface area contributed by atoms with Gasteiger partial charge < -0.3 is 10.2 Å². The molecule has 1 unspecified atom stereocenters. The largest absolute Gasteiger partial charge is 0.370 e. The lowest BCUT2D eigenvalue weighted by molar-refractivity contribution is 0.592. The topological polar surface area (TPSA) is 15.3 Å². The van der Waals surface area contributed by atoms with Crippen molar-refractivity contribution in [2.24, 2.45) is 0 Å². The Balaban J connectivity index is 2.26. The Bertz CT molecular complexity index is 476. The molecule has 1 N–H and O–H groups in total. The van der Waals surface area contributed by atoms with E-state index in [1.807, 2.05) is 0 Å². The van der Waals surface area contributed by atoms with Gasteiger partial charge in [0.25, 0.3) is 0 Å². The summed E-state index contributed by atoms with van der Waals surface area (Å²) >= 11 is 5.74. The molecule has 1 atom stereocenters. The minimum atomic E-state index is 0.391. The molecule has 1 aliphatic rings. The van der Waals surface area contributed by atoms with Crippen molar-refractivity contribution in [3.63, 3.8) is 0 Å². The van der Waals surface area contributed by atoms with Gasteiger partial charge in [-0.1, -0.05) is 42.8 Å². The number of anilines is 1. The van der Waals surface area contributed by atoms with Crippen molar-refractivity contribution in [1.82, 2.24) is 5.32 Å². The molecule has 0 aliphatic carbocycles. The Morgan fingerprint density at radius 3 is 2.86 bits per heavy atom. The second kappa shape index (κ2) is 7.38. The van der Waals surface area contributed by atoms with E-state index in [-0.39, 0.29) is 0 Å². The maximum absolute atomic E-state index is 3.64. The van der Waals surface area contributed by atoms with Crippen LogP contribution in [0.15, 0.2) is 22.7 Å². The Kier molecular flexibility index (Phi) is 6.04. The van der Waals surface area contributed by atoms with Crippen LogP contribution in [0.5, 0.6) is 0 Å². The van der Waals surface area contributed by atoms with Crippen LogP contribution < -0.4 is 10.2 Å². The first-order chi connectivity index (χ1) is 9.93. The molecule has 1 aliphatic heterocycles.